The van der Waals surface area contributed by atoms with Crippen LogP contribution in [0.4, 0.5) is 0 Å². The topological polar surface area (TPSA) is 32.3 Å². The zero-order valence-corrected chi connectivity index (χ0v) is 10.2. The van der Waals surface area contributed by atoms with Gasteiger partial charge in [-0.2, -0.15) is 11.8 Å². The summed E-state index contributed by atoms with van der Waals surface area (Å²) in [5.41, 5.74) is 0. The van der Waals surface area contributed by atoms with Gasteiger partial charge in [-0.15, -0.1) is 0 Å². The third-order valence-corrected chi connectivity index (χ3v) is 4.64. The summed E-state index contributed by atoms with van der Waals surface area (Å²) in [5.74, 6) is 1.45. The van der Waals surface area contributed by atoms with E-state index in [0.717, 1.165) is 38.2 Å². The molecule has 2 saturated heterocycles. The number of amides is 1. The number of nitrogens with one attached hydrogen (secondary N) is 1. The van der Waals surface area contributed by atoms with E-state index in [4.69, 9.17) is 0 Å². The first-order valence-corrected chi connectivity index (χ1v) is 7.00. The van der Waals surface area contributed by atoms with E-state index in [2.05, 4.69) is 17.1 Å². The van der Waals surface area contributed by atoms with Crippen LogP contribution in [0.3, 0.4) is 0 Å². The van der Waals surface area contributed by atoms with Crippen LogP contribution in [0.15, 0.2) is 0 Å². The first-order chi connectivity index (χ1) is 7.31. The van der Waals surface area contributed by atoms with E-state index >= 15 is 0 Å². The second kappa shape index (κ2) is 5.21. The maximum Gasteiger partial charge on any atom is 0.239 e. The summed E-state index contributed by atoms with van der Waals surface area (Å²) in [6.45, 7) is 5.12. The maximum atomic E-state index is 12.1. The molecule has 2 heterocycles. The molecule has 0 aromatic heterocycles. The van der Waals surface area contributed by atoms with Crippen molar-refractivity contribution < 1.29 is 4.79 Å². The highest BCUT2D eigenvalue weighted by Crippen LogP contribution is 2.22. The number of carbonyl (C=O) groups excluding carboxylic acids is 1. The smallest absolute Gasteiger partial charge is 0.239 e. The fraction of sp³-hybridized carbons (Fsp3) is 0.909. The lowest BCUT2D eigenvalue weighted by atomic mass is 10.2. The van der Waals surface area contributed by atoms with E-state index in [9.17, 15) is 4.79 Å². The zero-order chi connectivity index (χ0) is 10.7. The highest BCUT2D eigenvalue weighted by atomic mass is 32.2. The Labute approximate surface area is 96.0 Å². The highest BCUT2D eigenvalue weighted by Gasteiger charge is 2.29. The third-order valence-electron chi connectivity index (χ3n) is 3.26. The number of nitrogens with zero attached hydrogens (tertiary/aromatic N) is 1. The van der Waals surface area contributed by atoms with Gasteiger partial charge < -0.3 is 10.2 Å². The summed E-state index contributed by atoms with van der Waals surface area (Å²) in [5, 5.41) is 3.95. The molecule has 86 valence electrons. The van der Waals surface area contributed by atoms with E-state index in [-0.39, 0.29) is 6.04 Å². The molecule has 1 amide bonds. The molecule has 1 N–H and O–H groups in total. The maximum absolute atomic E-state index is 12.1. The Kier molecular flexibility index (Phi) is 3.92. The van der Waals surface area contributed by atoms with Crippen LogP contribution in [0, 0.1) is 0 Å². The first kappa shape index (κ1) is 11.3. The van der Waals surface area contributed by atoms with Gasteiger partial charge in [-0.1, -0.05) is 6.92 Å². The van der Waals surface area contributed by atoms with Crippen LogP contribution < -0.4 is 5.32 Å². The van der Waals surface area contributed by atoms with Crippen molar-refractivity contribution >= 4 is 17.7 Å². The van der Waals surface area contributed by atoms with E-state index in [1.165, 1.54) is 6.42 Å². The zero-order valence-electron chi connectivity index (χ0n) is 9.37. The molecule has 0 aromatic rings. The average Bonchev–Trinajstić information content (AvgIpc) is 2.81. The minimum Gasteiger partial charge on any atom is -0.339 e. The lowest BCUT2D eigenvalue weighted by Crippen LogP contribution is -2.48. The Bertz CT molecular complexity index is 229. The molecule has 4 heteroatoms. The minimum absolute atomic E-state index is 0.116. The average molecular weight is 228 g/mol. The molecule has 2 atom stereocenters. The Morgan fingerprint density at radius 2 is 2.47 bits per heavy atom. The molecular formula is C11H20N2OS. The van der Waals surface area contributed by atoms with Crippen molar-refractivity contribution in [1.82, 2.24) is 10.2 Å². The molecule has 2 aliphatic heterocycles. The van der Waals surface area contributed by atoms with Gasteiger partial charge in [-0.25, -0.2) is 0 Å². The van der Waals surface area contributed by atoms with Crippen molar-refractivity contribution in [3.63, 3.8) is 0 Å². The fourth-order valence-electron chi connectivity index (χ4n) is 2.28. The van der Waals surface area contributed by atoms with Crippen molar-refractivity contribution in [1.29, 1.82) is 0 Å². The molecule has 15 heavy (non-hydrogen) atoms. The van der Waals surface area contributed by atoms with E-state index in [1.54, 1.807) is 0 Å². The fourth-order valence-corrected chi connectivity index (χ4v) is 3.46. The van der Waals surface area contributed by atoms with Crippen molar-refractivity contribution in [2.75, 3.05) is 25.4 Å². The Morgan fingerprint density at radius 1 is 1.60 bits per heavy atom. The molecular weight excluding hydrogens is 208 g/mol. The Hall–Kier alpha value is -0.220. The highest BCUT2D eigenvalue weighted by molar-refractivity contribution is 8.00. The molecule has 0 radical (unpaired) electrons. The largest absolute Gasteiger partial charge is 0.339 e. The summed E-state index contributed by atoms with van der Waals surface area (Å²) in [7, 11) is 0. The van der Waals surface area contributed by atoms with Crippen LogP contribution in [0.5, 0.6) is 0 Å². The van der Waals surface area contributed by atoms with Gasteiger partial charge in [0.25, 0.3) is 0 Å². The van der Waals surface area contributed by atoms with Crippen LogP contribution in [-0.2, 0) is 4.79 Å². The summed E-state index contributed by atoms with van der Waals surface area (Å²) in [6, 6.07) is 0.116. The van der Waals surface area contributed by atoms with E-state index in [1.807, 2.05) is 11.8 Å². The van der Waals surface area contributed by atoms with Gasteiger partial charge in [0.15, 0.2) is 0 Å². The number of hydrogen-bond donors (Lipinski definition) is 1. The lowest BCUT2D eigenvalue weighted by Gasteiger charge is -2.33. The second-order valence-electron chi connectivity index (χ2n) is 4.33. The van der Waals surface area contributed by atoms with Gasteiger partial charge in [-0.3, -0.25) is 4.79 Å². The predicted molar refractivity (Wildman–Crippen MR) is 64.1 cm³/mol. The van der Waals surface area contributed by atoms with Crippen LogP contribution in [0.2, 0.25) is 0 Å². The quantitative estimate of drug-likeness (QED) is 0.768. The lowest BCUT2D eigenvalue weighted by molar-refractivity contribution is -0.133. The molecule has 0 aromatic carbocycles. The standard InChI is InChI=1S/C11H20N2OS/c1-2-9-8-13(6-7-15-9)11(14)10-4-3-5-12-10/h9-10,12H,2-8H2,1H3/t9?,10-/m1/s1. The summed E-state index contributed by atoms with van der Waals surface area (Å²) in [4.78, 5) is 14.2. The molecule has 2 aliphatic rings. The molecule has 0 spiro atoms. The minimum atomic E-state index is 0.116. The van der Waals surface area contributed by atoms with Crippen molar-refractivity contribution in [2.24, 2.45) is 0 Å². The monoisotopic (exact) mass is 228 g/mol. The van der Waals surface area contributed by atoms with Gasteiger partial charge in [-0.05, 0) is 25.8 Å². The molecule has 0 saturated carbocycles. The second-order valence-corrected chi connectivity index (χ2v) is 5.74. The number of carbonyl (C=O) groups is 1. The van der Waals surface area contributed by atoms with Gasteiger partial charge in [0.1, 0.15) is 0 Å². The summed E-state index contributed by atoms with van der Waals surface area (Å²) >= 11 is 2.01. The van der Waals surface area contributed by atoms with Gasteiger partial charge >= 0.3 is 0 Å². The van der Waals surface area contributed by atoms with Crippen LogP contribution in [0.25, 0.3) is 0 Å². The first-order valence-electron chi connectivity index (χ1n) is 5.95. The molecule has 2 rings (SSSR count). The van der Waals surface area contributed by atoms with Gasteiger partial charge in [0.2, 0.25) is 5.91 Å². The Morgan fingerprint density at radius 3 is 3.13 bits per heavy atom. The van der Waals surface area contributed by atoms with Crippen molar-refractivity contribution in [2.45, 2.75) is 37.5 Å². The van der Waals surface area contributed by atoms with Crippen molar-refractivity contribution in [3.05, 3.63) is 0 Å². The molecule has 1 unspecified atom stereocenters. The molecule has 3 nitrogen and oxygen atoms in total. The molecule has 2 fully saturated rings. The number of rotatable bonds is 2. The summed E-state index contributed by atoms with van der Waals surface area (Å²) in [6.07, 6.45) is 3.35. The van der Waals surface area contributed by atoms with Crippen LogP contribution in [0.1, 0.15) is 26.2 Å². The number of hydrogen-bond acceptors (Lipinski definition) is 3. The van der Waals surface area contributed by atoms with Crippen LogP contribution >= 0.6 is 11.8 Å². The van der Waals surface area contributed by atoms with Crippen molar-refractivity contribution in [3.8, 4) is 0 Å². The van der Waals surface area contributed by atoms with Gasteiger partial charge in [0, 0.05) is 24.1 Å². The molecule has 0 aliphatic carbocycles. The molecule has 0 bridgehead atoms. The number of thioether (sulfide) groups is 1. The van der Waals surface area contributed by atoms with E-state index in [0.29, 0.717) is 11.2 Å². The predicted octanol–water partition coefficient (Wildman–Crippen LogP) is 1.09. The third kappa shape index (κ3) is 2.67. The normalized spacial score (nSPS) is 31.9. The summed E-state index contributed by atoms with van der Waals surface area (Å²) < 4.78 is 0. The SMILES string of the molecule is CCC1CN(C(=O)[C@H]2CCCN2)CCS1. The van der Waals surface area contributed by atoms with Gasteiger partial charge in [0.05, 0.1) is 6.04 Å². The van der Waals surface area contributed by atoms with Crippen LogP contribution in [-0.4, -0.2) is 47.5 Å². The van der Waals surface area contributed by atoms with E-state index < -0.39 is 0 Å². The Balaban J connectivity index is 1.88.